The van der Waals surface area contributed by atoms with Crippen molar-refractivity contribution in [2.45, 2.75) is 56.7 Å². The van der Waals surface area contributed by atoms with Gasteiger partial charge in [-0.2, -0.15) is 9.61 Å². The van der Waals surface area contributed by atoms with E-state index in [0.29, 0.717) is 23.3 Å². The zero-order valence-corrected chi connectivity index (χ0v) is 15.9. The molecule has 152 valence electrons. The van der Waals surface area contributed by atoms with E-state index in [1.165, 1.54) is 0 Å². The highest BCUT2D eigenvalue weighted by molar-refractivity contribution is 6.14. The fourth-order valence-corrected chi connectivity index (χ4v) is 3.81. The minimum absolute atomic E-state index is 0.183. The third-order valence-electron chi connectivity index (χ3n) is 5.57. The summed E-state index contributed by atoms with van der Waals surface area (Å²) in [5.41, 5.74) is 7.48. The molecular weight excluding hydrogens is 372 g/mol. The van der Waals surface area contributed by atoms with Crippen LogP contribution in [-0.2, 0) is 4.79 Å². The molecule has 3 amide bonds. The minimum atomic E-state index is -0.528. The molecule has 3 aliphatic rings. The monoisotopic (exact) mass is 396 g/mol. The number of carbonyl (C=O) groups excluding carboxylic acids is 2. The van der Waals surface area contributed by atoms with E-state index in [-0.39, 0.29) is 11.7 Å². The molecule has 2 aromatic heterocycles. The third kappa shape index (κ3) is 3.75. The van der Waals surface area contributed by atoms with Crippen molar-refractivity contribution in [3.8, 4) is 0 Å². The highest BCUT2D eigenvalue weighted by atomic mass is 16.2. The summed E-state index contributed by atoms with van der Waals surface area (Å²) in [6.45, 7) is 0. The van der Waals surface area contributed by atoms with Gasteiger partial charge < -0.3 is 21.7 Å². The van der Waals surface area contributed by atoms with Crippen LogP contribution in [0.3, 0.4) is 0 Å². The molecule has 3 heterocycles. The van der Waals surface area contributed by atoms with Crippen molar-refractivity contribution < 1.29 is 9.59 Å². The average Bonchev–Trinajstić information content (AvgIpc) is 3.33. The lowest BCUT2D eigenvalue weighted by molar-refractivity contribution is -0.115. The van der Waals surface area contributed by atoms with E-state index in [9.17, 15) is 9.59 Å². The predicted octanol–water partition coefficient (Wildman–Crippen LogP) is 1.17. The largest absolute Gasteiger partial charge is 0.367 e. The maximum absolute atomic E-state index is 11.9. The van der Waals surface area contributed by atoms with Crippen molar-refractivity contribution in [1.82, 2.24) is 25.2 Å². The molecule has 0 aromatic carbocycles. The third-order valence-corrected chi connectivity index (χ3v) is 5.57. The fraction of sp³-hybridized carbons (Fsp3) is 0.474. The normalized spacial score (nSPS) is 25.9. The Balaban J connectivity index is 1.49. The summed E-state index contributed by atoms with van der Waals surface area (Å²) >= 11 is 0. The molecule has 0 radical (unpaired) electrons. The van der Waals surface area contributed by atoms with Crippen LogP contribution in [-0.4, -0.2) is 44.7 Å². The lowest BCUT2D eigenvalue weighted by Gasteiger charge is -2.27. The number of urea groups is 1. The van der Waals surface area contributed by atoms with Gasteiger partial charge in [0.25, 0.3) is 5.91 Å². The van der Waals surface area contributed by atoms with Gasteiger partial charge in [-0.3, -0.25) is 10.1 Å². The van der Waals surface area contributed by atoms with Crippen molar-refractivity contribution >= 4 is 35.3 Å². The van der Waals surface area contributed by atoms with Gasteiger partial charge >= 0.3 is 6.03 Å². The molecule has 2 aliphatic carbocycles. The van der Waals surface area contributed by atoms with E-state index in [4.69, 9.17) is 10.7 Å². The molecule has 0 spiro atoms. The Hall–Kier alpha value is -3.14. The molecule has 0 atom stereocenters. The Labute approximate surface area is 167 Å². The van der Waals surface area contributed by atoms with E-state index in [1.807, 2.05) is 6.07 Å². The Kier molecular flexibility index (Phi) is 4.35. The van der Waals surface area contributed by atoms with Gasteiger partial charge in [-0.1, -0.05) is 0 Å². The Morgan fingerprint density at radius 2 is 1.79 bits per heavy atom. The summed E-state index contributed by atoms with van der Waals surface area (Å²) < 4.78 is 1.74. The van der Waals surface area contributed by atoms with Crippen LogP contribution < -0.4 is 27.0 Å². The molecule has 10 nitrogen and oxygen atoms in total. The van der Waals surface area contributed by atoms with Crippen LogP contribution in [0, 0.1) is 0 Å². The maximum Gasteiger partial charge on any atom is 0.326 e. The van der Waals surface area contributed by atoms with Gasteiger partial charge in [0.05, 0.1) is 6.20 Å². The molecule has 10 heteroatoms. The highest BCUT2D eigenvalue weighted by Crippen LogP contribution is 2.28. The van der Waals surface area contributed by atoms with Crippen LogP contribution in [0.1, 0.15) is 44.1 Å². The van der Waals surface area contributed by atoms with Crippen LogP contribution in [0.2, 0.25) is 0 Å². The fourth-order valence-electron chi connectivity index (χ4n) is 3.81. The van der Waals surface area contributed by atoms with Gasteiger partial charge in [-0.25, -0.2) is 9.78 Å². The first-order chi connectivity index (χ1) is 14.0. The van der Waals surface area contributed by atoms with Crippen molar-refractivity contribution in [3.05, 3.63) is 23.5 Å². The minimum Gasteiger partial charge on any atom is -0.367 e. The standard InChI is InChI=1S/C19H24N8O2/c20-11-1-3-12(4-2-11)22-15-8-16(23-13-5-6-13)27-17(25-15)10(9-21-27)7-14-18(28)26-19(29)24-14/h7-9,11-13,23H,1-6,20H2,(H,22,25)(H2,24,26,28,29)/b14-7-. The second kappa shape index (κ2) is 7.03. The maximum atomic E-state index is 11.9. The predicted molar refractivity (Wildman–Crippen MR) is 108 cm³/mol. The molecule has 0 unspecified atom stereocenters. The van der Waals surface area contributed by atoms with Crippen LogP contribution in [0.5, 0.6) is 0 Å². The number of rotatable bonds is 5. The van der Waals surface area contributed by atoms with Gasteiger partial charge in [0.15, 0.2) is 5.65 Å². The van der Waals surface area contributed by atoms with Crippen molar-refractivity contribution in [1.29, 1.82) is 0 Å². The van der Waals surface area contributed by atoms with Crippen LogP contribution in [0.4, 0.5) is 16.4 Å². The summed E-state index contributed by atoms with van der Waals surface area (Å²) in [5.74, 6) is 1.16. The van der Waals surface area contributed by atoms with Crippen molar-refractivity contribution in [2.24, 2.45) is 5.73 Å². The van der Waals surface area contributed by atoms with Gasteiger partial charge in [0.1, 0.15) is 17.3 Å². The highest BCUT2D eigenvalue weighted by Gasteiger charge is 2.26. The molecule has 2 saturated carbocycles. The van der Waals surface area contributed by atoms with Crippen LogP contribution >= 0.6 is 0 Å². The van der Waals surface area contributed by atoms with E-state index in [0.717, 1.165) is 50.2 Å². The molecule has 1 aliphatic heterocycles. The number of fused-ring (bicyclic) bond motifs is 1. The van der Waals surface area contributed by atoms with Gasteiger partial charge in [-0.15, -0.1) is 0 Å². The Morgan fingerprint density at radius 1 is 1.07 bits per heavy atom. The van der Waals surface area contributed by atoms with E-state index < -0.39 is 11.9 Å². The SMILES string of the molecule is NC1CCC(Nc2cc(NC3CC3)n3ncc(/C=C4\NC(=O)NC4=O)c3n2)CC1. The lowest BCUT2D eigenvalue weighted by Crippen LogP contribution is -2.33. The number of carbonyl (C=O) groups is 2. The van der Waals surface area contributed by atoms with E-state index in [2.05, 4.69) is 26.4 Å². The average molecular weight is 396 g/mol. The van der Waals surface area contributed by atoms with Gasteiger partial charge in [-0.05, 0) is 44.6 Å². The first-order valence-electron chi connectivity index (χ1n) is 10.1. The van der Waals surface area contributed by atoms with Gasteiger partial charge in [0.2, 0.25) is 0 Å². The number of hydrogen-bond donors (Lipinski definition) is 5. The topological polar surface area (TPSA) is 138 Å². The van der Waals surface area contributed by atoms with E-state index in [1.54, 1.807) is 16.8 Å². The number of nitrogens with two attached hydrogens (primary N) is 1. The zero-order chi connectivity index (χ0) is 20.0. The second-order valence-electron chi connectivity index (χ2n) is 8.00. The Morgan fingerprint density at radius 3 is 2.48 bits per heavy atom. The molecule has 29 heavy (non-hydrogen) atoms. The van der Waals surface area contributed by atoms with Crippen molar-refractivity contribution in [2.75, 3.05) is 10.6 Å². The molecule has 1 saturated heterocycles. The smallest absolute Gasteiger partial charge is 0.326 e. The molecule has 0 bridgehead atoms. The Bertz CT molecular complexity index is 1000. The van der Waals surface area contributed by atoms with Crippen LogP contribution in [0.15, 0.2) is 18.0 Å². The number of imide groups is 1. The number of nitrogens with one attached hydrogen (secondary N) is 4. The van der Waals surface area contributed by atoms with Crippen molar-refractivity contribution in [3.63, 3.8) is 0 Å². The summed E-state index contributed by atoms with van der Waals surface area (Å²) in [4.78, 5) is 28.0. The molecule has 3 fully saturated rings. The second-order valence-corrected chi connectivity index (χ2v) is 8.00. The number of amides is 3. The lowest BCUT2D eigenvalue weighted by atomic mass is 9.92. The summed E-state index contributed by atoms with van der Waals surface area (Å²) in [7, 11) is 0. The van der Waals surface area contributed by atoms with Crippen LogP contribution in [0.25, 0.3) is 11.7 Å². The first-order valence-corrected chi connectivity index (χ1v) is 10.1. The number of anilines is 2. The summed E-state index contributed by atoms with van der Waals surface area (Å²) in [6.07, 6.45) is 9.56. The molecule has 2 aromatic rings. The molecular formula is C19H24N8O2. The number of hydrogen-bond acceptors (Lipinski definition) is 7. The molecule has 5 rings (SSSR count). The number of aromatic nitrogens is 3. The van der Waals surface area contributed by atoms with E-state index >= 15 is 0 Å². The van der Waals surface area contributed by atoms with Gasteiger partial charge in [0, 0.05) is 29.8 Å². The molecule has 6 N–H and O–H groups in total. The number of nitrogens with zero attached hydrogens (tertiary/aromatic N) is 3. The first kappa shape index (κ1) is 17.9. The quantitative estimate of drug-likeness (QED) is 0.378. The zero-order valence-electron chi connectivity index (χ0n) is 15.9. The summed E-state index contributed by atoms with van der Waals surface area (Å²) in [5, 5.41) is 16.2. The summed E-state index contributed by atoms with van der Waals surface area (Å²) in [6, 6.07) is 2.53.